The highest BCUT2D eigenvalue weighted by Gasteiger charge is 2.14. The molecule has 1 unspecified atom stereocenters. The molecule has 0 spiro atoms. The van der Waals surface area contributed by atoms with Gasteiger partial charge in [0.1, 0.15) is 0 Å². The molecule has 4 nitrogen and oxygen atoms in total. The molecule has 1 aliphatic heterocycles. The van der Waals surface area contributed by atoms with Crippen LogP contribution in [0.25, 0.3) is 10.9 Å². The first kappa shape index (κ1) is 10.8. The van der Waals surface area contributed by atoms with Crippen molar-refractivity contribution in [2.75, 3.05) is 22.6 Å². The first-order valence-corrected chi connectivity index (χ1v) is 7.05. The van der Waals surface area contributed by atoms with E-state index in [1.54, 1.807) is 6.20 Å². The van der Waals surface area contributed by atoms with Crippen molar-refractivity contribution in [3.8, 4) is 0 Å². The fourth-order valence-corrected chi connectivity index (χ4v) is 3.28. The topological polar surface area (TPSA) is 66.7 Å². The maximum absolute atomic E-state index is 6.05. The van der Waals surface area contributed by atoms with E-state index in [0.29, 0.717) is 6.04 Å². The molecule has 1 aromatic carbocycles. The number of nitrogens with two attached hydrogens (primary N) is 1. The summed E-state index contributed by atoms with van der Waals surface area (Å²) in [6.45, 7) is 0. The molecular formula is C12H16N4S. The van der Waals surface area contributed by atoms with Crippen molar-refractivity contribution in [3.05, 3.63) is 18.3 Å². The molecule has 1 aliphatic rings. The van der Waals surface area contributed by atoms with Gasteiger partial charge >= 0.3 is 0 Å². The molecule has 4 N–H and O–H groups in total. The minimum absolute atomic E-state index is 0.538. The van der Waals surface area contributed by atoms with Crippen LogP contribution in [-0.4, -0.2) is 27.7 Å². The summed E-state index contributed by atoms with van der Waals surface area (Å²) in [5, 5.41) is 11.6. The van der Waals surface area contributed by atoms with E-state index in [2.05, 4.69) is 21.6 Å². The average molecular weight is 248 g/mol. The summed E-state index contributed by atoms with van der Waals surface area (Å²) in [6, 6.07) is 4.56. The summed E-state index contributed by atoms with van der Waals surface area (Å²) < 4.78 is 0. The molecule has 1 aromatic heterocycles. The Kier molecular flexibility index (Phi) is 2.84. The third-order valence-corrected chi connectivity index (χ3v) is 4.35. The highest BCUT2D eigenvalue weighted by Crippen LogP contribution is 2.27. The minimum Gasteiger partial charge on any atom is -0.397 e. The predicted molar refractivity (Wildman–Crippen MR) is 74.5 cm³/mol. The van der Waals surface area contributed by atoms with E-state index < -0.39 is 0 Å². The van der Waals surface area contributed by atoms with Crippen molar-refractivity contribution in [2.24, 2.45) is 0 Å². The first-order valence-electron chi connectivity index (χ1n) is 5.90. The van der Waals surface area contributed by atoms with Crippen molar-refractivity contribution < 1.29 is 0 Å². The Bertz CT molecular complexity index is 516. The number of benzene rings is 1. The quantitative estimate of drug-likeness (QED) is 0.714. The number of hydrogen-bond donors (Lipinski definition) is 3. The van der Waals surface area contributed by atoms with Gasteiger partial charge in [-0.1, -0.05) is 0 Å². The number of hydrogen-bond acceptors (Lipinski definition) is 4. The molecule has 0 aliphatic carbocycles. The number of nitrogen functional groups attached to an aromatic ring is 1. The van der Waals surface area contributed by atoms with Crippen molar-refractivity contribution in [2.45, 2.75) is 18.9 Å². The fraction of sp³-hybridized carbons (Fsp3) is 0.417. The fourth-order valence-electron chi connectivity index (χ4n) is 2.21. The van der Waals surface area contributed by atoms with Crippen LogP contribution in [0.2, 0.25) is 0 Å². The van der Waals surface area contributed by atoms with Crippen LogP contribution in [0, 0.1) is 0 Å². The van der Waals surface area contributed by atoms with Crippen LogP contribution in [-0.2, 0) is 0 Å². The molecule has 17 heavy (non-hydrogen) atoms. The maximum Gasteiger partial charge on any atom is 0.0672 e. The third-order valence-electron chi connectivity index (χ3n) is 3.13. The lowest BCUT2D eigenvalue weighted by Crippen LogP contribution is -2.26. The van der Waals surface area contributed by atoms with Gasteiger partial charge in [-0.2, -0.15) is 16.9 Å². The maximum atomic E-state index is 6.05. The standard InChI is InChI=1S/C12H16N4S/c13-10-4-8-6-14-16-11(8)5-12(10)15-9-2-1-3-17-7-9/h4-6,9,15H,1-3,7,13H2,(H,14,16). The molecule has 2 aromatic rings. The Morgan fingerprint density at radius 3 is 3.24 bits per heavy atom. The third kappa shape index (κ3) is 2.20. The second kappa shape index (κ2) is 4.49. The lowest BCUT2D eigenvalue weighted by atomic mass is 10.1. The van der Waals surface area contributed by atoms with Crippen LogP contribution in [0.4, 0.5) is 11.4 Å². The number of aromatic nitrogens is 2. The molecule has 1 atom stereocenters. The minimum atomic E-state index is 0.538. The van der Waals surface area contributed by atoms with Crippen LogP contribution < -0.4 is 11.1 Å². The molecule has 3 rings (SSSR count). The van der Waals surface area contributed by atoms with E-state index in [4.69, 9.17) is 5.73 Å². The lowest BCUT2D eigenvalue weighted by Gasteiger charge is -2.24. The van der Waals surface area contributed by atoms with E-state index in [1.165, 1.54) is 24.3 Å². The molecule has 0 amide bonds. The summed E-state index contributed by atoms with van der Waals surface area (Å²) in [6.07, 6.45) is 4.31. The smallest absolute Gasteiger partial charge is 0.0672 e. The summed E-state index contributed by atoms with van der Waals surface area (Å²) in [7, 11) is 0. The van der Waals surface area contributed by atoms with Gasteiger partial charge in [-0.3, -0.25) is 5.10 Å². The van der Waals surface area contributed by atoms with Crippen LogP contribution in [0.15, 0.2) is 18.3 Å². The second-order valence-corrected chi connectivity index (χ2v) is 5.60. The monoisotopic (exact) mass is 248 g/mol. The number of nitrogens with zero attached hydrogens (tertiary/aromatic N) is 1. The number of H-pyrrole nitrogens is 1. The van der Waals surface area contributed by atoms with Crippen LogP contribution in [0.5, 0.6) is 0 Å². The van der Waals surface area contributed by atoms with Gasteiger partial charge in [0.05, 0.1) is 23.1 Å². The Morgan fingerprint density at radius 2 is 2.41 bits per heavy atom. The van der Waals surface area contributed by atoms with E-state index in [1.807, 2.05) is 17.8 Å². The molecule has 5 heteroatoms. The van der Waals surface area contributed by atoms with E-state index >= 15 is 0 Å². The average Bonchev–Trinajstić information content (AvgIpc) is 2.78. The van der Waals surface area contributed by atoms with E-state index in [0.717, 1.165) is 22.3 Å². The van der Waals surface area contributed by atoms with E-state index in [-0.39, 0.29) is 0 Å². The van der Waals surface area contributed by atoms with Gasteiger partial charge in [0.25, 0.3) is 0 Å². The number of nitrogens with one attached hydrogen (secondary N) is 2. The van der Waals surface area contributed by atoms with Gasteiger partial charge in [0, 0.05) is 17.2 Å². The summed E-state index contributed by atoms with van der Waals surface area (Å²) in [4.78, 5) is 0. The van der Waals surface area contributed by atoms with Gasteiger partial charge in [-0.15, -0.1) is 0 Å². The molecule has 0 bridgehead atoms. The van der Waals surface area contributed by atoms with Crippen LogP contribution >= 0.6 is 11.8 Å². The Morgan fingerprint density at radius 1 is 1.47 bits per heavy atom. The molecule has 90 valence electrons. The van der Waals surface area contributed by atoms with Crippen molar-refractivity contribution in [3.63, 3.8) is 0 Å². The molecule has 1 saturated heterocycles. The number of aromatic amines is 1. The summed E-state index contributed by atoms with van der Waals surface area (Å²) >= 11 is 2.01. The molecule has 1 fully saturated rings. The number of thioether (sulfide) groups is 1. The van der Waals surface area contributed by atoms with Crippen molar-refractivity contribution >= 4 is 34.0 Å². The normalized spacial score (nSPS) is 20.6. The van der Waals surface area contributed by atoms with Crippen molar-refractivity contribution in [1.82, 2.24) is 10.2 Å². The van der Waals surface area contributed by atoms with Gasteiger partial charge in [-0.05, 0) is 30.7 Å². The lowest BCUT2D eigenvalue weighted by molar-refractivity contribution is 0.685. The van der Waals surface area contributed by atoms with Gasteiger partial charge in [0.15, 0.2) is 0 Å². The SMILES string of the molecule is Nc1cc2cn[nH]c2cc1NC1CCCSC1. The van der Waals surface area contributed by atoms with Gasteiger partial charge in [-0.25, -0.2) is 0 Å². The zero-order chi connectivity index (χ0) is 11.7. The number of fused-ring (bicyclic) bond motifs is 1. The first-order chi connectivity index (χ1) is 8.33. The Labute approximate surface area is 104 Å². The second-order valence-electron chi connectivity index (χ2n) is 4.46. The zero-order valence-electron chi connectivity index (χ0n) is 9.57. The molecule has 0 saturated carbocycles. The van der Waals surface area contributed by atoms with Gasteiger partial charge < -0.3 is 11.1 Å². The van der Waals surface area contributed by atoms with Crippen LogP contribution in [0.3, 0.4) is 0 Å². The van der Waals surface area contributed by atoms with Gasteiger partial charge in [0.2, 0.25) is 0 Å². The molecule has 0 radical (unpaired) electrons. The van der Waals surface area contributed by atoms with Crippen molar-refractivity contribution in [1.29, 1.82) is 0 Å². The number of anilines is 2. The molecular weight excluding hydrogens is 232 g/mol. The summed E-state index contributed by atoms with van der Waals surface area (Å²) in [5.41, 5.74) is 8.91. The summed E-state index contributed by atoms with van der Waals surface area (Å²) in [5.74, 6) is 2.45. The largest absolute Gasteiger partial charge is 0.397 e. The zero-order valence-corrected chi connectivity index (χ0v) is 10.4. The van der Waals surface area contributed by atoms with E-state index in [9.17, 15) is 0 Å². The molecule has 2 heterocycles. The Hall–Kier alpha value is -1.36. The van der Waals surface area contributed by atoms with Crippen LogP contribution in [0.1, 0.15) is 12.8 Å². The number of rotatable bonds is 2. The highest BCUT2D eigenvalue weighted by molar-refractivity contribution is 7.99. The predicted octanol–water partition coefficient (Wildman–Crippen LogP) is 2.45. The highest BCUT2D eigenvalue weighted by atomic mass is 32.2. The Balaban J connectivity index is 1.85.